The van der Waals surface area contributed by atoms with E-state index in [0.29, 0.717) is 21.4 Å². The van der Waals surface area contributed by atoms with Crippen LogP contribution in [-0.4, -0.2) is 34.0 Å². The Hall–Kier alpha value is -4.71. The molecule has 2 aromatic heterocycles. The first-order chi connectivity index (χ1) is 24.2. The fourth-order valence-electron chi connectivity index (χ4n) is 4.79. The van der Waals surface area contributed by atoms with Crippen LogP contribution >= 0.6 is 57.7 Å². The zero-order chi connectivity index (χ0) is 35.2. The Bertz CT molecular complexity index is 2080. The molecule has 14 heteroatoms. The Kier molecular flexibility index (Phi) is 11.2. The van der Waals surface area contributed by atoms with Crippen LogP contribution in [0.4, 0.5) is 26.7 Å². The predicted octanol–water partition coefficient (Wildman–Crippen LogP) is 10.2. The molecule has 2 heterocycles. The zero-order valence-electron chi connectivity index (χ0n) is 25.5. The zero-order valence-corrected chi connectivity index (χ0v) is 29.3. The molecule has 8 nitrogen and oxygen atoms in total. The number of rotatable bonds is 11. The molecule has 2 amide bonds. The summed E-state index contributed by atoms with van der Waals surface area (Å²) in [4.78, 5) is 41.5. The van der Waals surface area contributed by atoms with Crippen LogP contribution in [0, 0.1) is 5.82 Å². The minimum Gasteiger partial charge on any atom is -0.476 e. The number of pyridine rings is 1. The Morgan fingerprint density at radius 2 is 1.22 bits per heavy atom. The summed E-state index contributed by atoms with van der Waals surface area (Å²) in [6.45, 7) is 0. The molecular formula is C36H23Cl4FN4O4S. The van der Waals surface area contributed by atoms with E-state index in [1.165, 1.54) is 76.0 Å². The molecule has 0 fully saturated rings. The second kappa shape index (κ2) is 15.9. The fraction of sp³-hybridized carbons (Fsp3) is 0.0556. The molecule has 252 valence electrons. The third-order valence-electron chi connectivity index (χ3n) is 7.09. The monoisotopic (exact) mass is 766 g/mol. The van der Waals surface area contributed by atoms with Crippen molar-refractivity contribution in [3.63, 3.8) is 0 Å². The van der Waals surface area contributed by atoms with Gasteiger partial charge in [0.1, 0.15) is 23.1 Å². The maximum atomic E-state index is 15.1. The van der Waals surface area contributed by atoms with Gasteiger partial charge in [-0.1, -0.05) is 52.5 Å². The minimum absolute atomic E-state index is 0.0753. The highest BCUT2D eigenvalue weighted by Crippen LogP contribution is 2.34. The molecule has 6 aromatic rings. The molecular weight excluding hydrogens is 745 g/mol. The van der Waals surface area contributed by atoms with Gasteiger partial charge in [0.15, 0.2) is 5.13 Å². The van der Waals surface area contributed by atoms with Gasteiger partial charge in [-0.2, -0.15) is 0 Å². The summed E-state index contributed by atoms with van der Waals surface area (Å²) in [5, 5.41) is 3.21. The average molecular weight is 768 g/mol. The summed E-state index contributed by atoms with van der Waals surface area (Å²) in [7, 11) is 0. The van der Waals surface area contributed by atoms with Gasteiger partial charge < -0.3 is 9.47 Å². The summed E-state index contributed by atoms with van der Waals surface area (Å²) in [5.41, 5.74) is 0.741. The topological polar surface area (TPSA) is 84.9 Å². The van der Waals surface area contributed by atoms with Gasteiger partial charge in [0, 0.05) is 33.9 Å². The number of carbonyl (C=O) groups excluding carboxylic acids is 2. The lowest BCUT2D eigenvalue weighted by Gasteiger charge is -2.33. The van der Waals surface area contributed by atoms with E-state index in [4.69, 9.17) is 55.9 Å². The van der Waals surface area contributed by atoms with Crippen LogP contribution in [0.1, 0.15) is 0 Å². The number of anilines is 4. The highest BCUT2D eigenvalue weighted by molar-refractivity contribution is 7.13. The second-order valence-electron chi connectivity index (χ2n) is 10.4. The van der Waals surface area contributed by atoms with Crippen molar-refractivity contribution in [2.24, 2.45) is 0 Å². The molecule has 2 unspecified atom stereocenters. The predicted molar refractivity (Wildman–Crippen MR) is 195 cm³/mol. The second-order valence-corrected chi connectivity index (χ2v) is 13.0. The summed E-state index contributed by atoms with van der Waals surface area (Å²) < 4.78 is 26.7. The fourth-order valence-corrected chi connectivity index (χ4v) is 6.00. The van der Waals surface area contributed by atoms with E-state index in [1.807, 2.05) is 0 Å². The van der Waals surface area contributed by atoms with E-state index in [9.17, 15) is 4.39 Å². The molecule has 50 heavy (non-hydrogen) atoms. The van der Waals surface area contributed by atoms with Crippen LogP contribution < -0.4 is 19.3 Å². The van der Waals surface area contributed by atoms with Gasteiger partial charge in [0.05, 0.1) is 21.4 Å². The van der Waals surface area contributed by atoms with Crippen molar-refractivity contribution in [3.05, 3.63) is 153 Å². The lowest BCUT2D eigenvalue weighted by atomic mass is 10.1. The lowest BCUT2D eigenvalue weighted by Crippen LogP contribution is -2.55. The minimum atomic E-state index is -1.74. The number of thiazole rings is 1. The van der Waals surface area contributed by atoms with Crippen molar-refractivity contribution in [1.29, 1.82) is 0 Å². The van der Waals surface area contributed by atoms with Crippen LogP contribution in [-0.2, 0) is 9.59 Å². The SMILES string of the molecule is O=C(C(Oc1ccc(Cl)c(Cl)c1)C(Oc1ccc(F)cc1)C(=O)N(c1ccc(Cl)cc1)c1nccs1)N(c1ccc(Cl)cc1)c1ccccn1. The molecule has 0 aliphatic heterocycles. The lowest BCUT2D eigenvalue weighted by molar-refractivity contribution is -0.138. The molecule has 0 saturated carbocycles. The maximum absolute atomic E-state index is 15.1. The summed E-state index contributed by atoms with van der Waals surface area (Å²) in [6.07, 6.45) is -0.426. The third kappa shape index (κ3) is 8.18. The number of nitrogens with zero attached hydrogens (tertiary/aromatic N) is 4. The third-order valence-corrected chi connectivity index (χ3v) is 9.09. The van der Waals surface area contributed by atoms with E-state index >= 15 is 9.59 Å². The number of hydrogen-bond acceptors (Lipinski definition) is 7. The van der Waals surface area contributed by atoms with E-state index in [2.05, 4.69) is 9.97 Å². The van der Waals surface area contributed by atoms with Crippen molar-refractivity contribution in [3.8, 4) is 11.5 Å². The molecule has 0 aliphatic carbocycles. The molecule has 0 spiro atoms. The van der Waals surface area contributed by atoms with Gasteiger partial charge in [0.25, 0.3) is 11.8 Å². The Labute approximate surface area is 310 Å². The molecule has 4 aromatic carbocycles. The summed E-state index contributed by atoms with van der Waals surface area (Å²) in [6, 6.07) is 27.4. The first-order valence-corrected chi connectivity index (χ1v) is 17.1. The number of benzene rings is 4. The van der Waals surface area contributed by atoms with Gasteiger partial charge >= 0.3 is 0 Å². The van der Waals surface area contributed by atoms with E-state index in [-0.39, 0.29) is 32.5 Å². The first kappa shape index (κ1) is 35.1. The van der Waals surface area contributed by atoms with Crippen LogP contribution in [0.3, 0.4) is 0 Å². The van der Waals surface area contributed by atoms with Gasteiger partial charge in [-0.05, 0) is 97.1 Å². The highest BCUT2D eigenvalue weighted by Gasteiger charge is 2.45. The Morgan fingerprint density at radius 1 is 0.640 bits per heavy atom. The van der Waals surface area contributed by atoms with Gasteiger partial charge in [-0.25, -0.2) is 14.4 Å². The van der Waals surface area contributed by atoms with Crippen molar-refractivity contribution in [2.45, 2.75) is 12.2 Å². The van der Waals surface area contributed by atoms with E-state index in [0.717, 1.165) is 0 Å². The van der Waals surface area contributed by atoms with Crippen LogP contribution in [0.25, 0.3) is 0 Å². The molecule has 0 N–H and O–H groups in total. The number of ether oxygens (including phenoxy) is 2. The molecule has 0 bridgehead atoms. The largest absolute Gasteiger partial charge is 0.476 e. The van der Waals surface area contributed by atoms with Crippen molar-refractivity contribution in [2.75, 3.05) is 9.80 Å². The van der Waals surface area contributed by atoms with Gasteiger partial charge in [0.2, 0.25) is 12.2 Å². The van der Waals surface area contributed by atoms with Gasteiger partial charge in [-0.3, -0.25) is 19.4 Å². The standard InChI is InChI=1S/C36H23Cl4FN4O4S/c37-22-4-10-25(11-5-22)44(31-3-1-2-18-42-31)34(46)32(49-28-16-17-29(39)30(40)21-28)33(48-27-14-8-24(41)9-15-27)35(47)45(36-43-19-20-50-36)26-12-6-23(38)7-13-26/h1-21,32-33H. The normalized spacial score (nSPS) is 12.1. The Balaban J connectivity index is 1.55. The molecule has 0 radical (unpaired) electrons. The van der Waals surface area contributed by atoms with Crippen LogP contribution in [0.5, 0.6) is 11.5 Å². The summed E-state index contributed by atoms with van der Waals surface area (Å²) in [5.74, 6) is -1.65. The van der Waals surface area contributed by atoms with Crippen molar-refractivity contribution in [1.82, 2.24) is 9.97 Å². The molecule has 6 rings (SSSR count). The molecule has 0 saturated heterocycles. The van der Waals surface area contributed by atoms with Crippen molar-refractivity contribution >= 4 is 91.9 Å². The Morgan fingerprint density at radius 3 is 1.78 bits per heavy atom. The molecule has 0 aliphatic rings. The maximum Gasteiger partial charge on any atom is 0.278 e. The van der Waals surface area contributed by atoms with Gasteiger partial charge in [-0.15, -0.1) is 11.3 Å². The number of hydrogen-bond donors (Lipinski definition) is 0. The highest BCUT2D eigenvalue weighted by atomic mass is 35.5. The van der Waals surface area contributed by atoms with Crippen LogP contribution in [0.2, 0.25) is 20.1 Å². The van der Waals surface area contributed by atoms with Crippen molar-refractivity contribution < 1.29 is 23.5 Å². The quantitative estimate of drug-likeness (QED) is 0.131. The number of halogens is 5. The number of carbonyl (C=O) groups is 2. The number of aromatic nitrogens is 2. The smallest absolute Gasteiger partial charge is 0.278 e. The van der Waals surface area contributed by atoms with E-state index in [1.54, 1.807) is 72.1 Å². The van der Waals surface area contributed by atoms with Crippen LogP contribution in [0.15, 0.2) is 127 Å². The summed E-state index contributed by atoms with van der Waals surface area (Å²) >= 11 is 26.1. The van der Waals surface area contributed by atoms with E-state index < -0.39 is 29.8 Å². The average Bonchev–Trinajstić information content (AvgIpc) is 3.65. The number of amides is 2. The first-order valence-electron chi connectivity index (χ1n) is 14.7. The molecule has 2 atom stereocenters.